The standard InChI is InChI=1S/C21H23N3O4S2/c1-27-16-9-6-10-17-19(16)23-21(30-17)24-20(26)15(11-12-29-2)22-18(25)13-28-14-7-4-3-5-8-14/h3-10,15H,11-13H2,1-2H3,(H,22,25)(H,23,24,26)/t15-/m0/s1. The van der Waals surface area contributed by atoms with E-state index in [4.69, 9.17) is 9.47 Å². The molecule has 0 radical (unpaired) electrons. The molecule has 0 saturated carbocycles. The van der Waals surface area contributed by atoms with Crippen LogP contribution in [0.25, 0.3) is 10.2 Å². The van der Waals surface area contributed by atoms with E-state index >= 15 is 0 Å². The lowest BCUT2D eigenvalue weighted by Crippen LogP contribution is -2.45. The van der Waals surface area contributed by atoms with Gasteiger partial charge in [0, 0.05) is 0 Å². The number of thioether (sulfide) groups is 1. The van der Waals surface area contributed by atoms with Gasteiger partial charge in [0.2, 0.25) is 5.91 Å². The molecule has 9 heteroatoms. The molecule has 2 aromatic carbocycles. The first-order chi connectivity index (χ1) is 14.6. The molecule has 0 unspecified atom stereocenters. The monoisotopic (exact) mass is 445 g/mol. The number of carbonyl (C=O) groups excluding carboxylic acids is 2. The number of nitrogens with zero attached hydrogens (tertiary/aromatic N) is 1. The Balaban J connectivity index is 1.63. The average Bonchev–Trinajstić information content (AvgIpc) is 3.18. The number of amides is 2. The Hall–Kier alpha value is -2.78. The Bertz CT molecular complexity index is 994. The number of thiazole rings is 1. The van der Waals surface area contributed by atoms with Gasteiger partial charge in [-0.05, 0) is 42.7 Å². The fourth-order valence-corrected chi connectivity index (χ4v) is 4.10. The zero-order valence-electron chi connectivity index (χ0n) is 16.7. The third-order valence-electron chi connectivity index (χ3n) is 4.21. The van der Waals surface area contributed by atoms with Crippen LogP contribution in [0.4, 0.5) is 5.13 Å². The molecule has 3 rings (SSSR count). The number of para-hydroxylation sites is 2. The number of hydrogen-bond acceptors (Lipinski definition) is 7. The van der Waals surface area contributed by atoms with E-state index in [0.717, 1.165) is 10.5 Å². The van der Waals surface area contributed by atoms with Crippen LogP contribution in [0.1, 0.15) is 6.42 Å². The molecule has 2 N–H and O–H groups in total. The molecule has 1 heterocycles. The fraction of sp³-hybridized carbons (Fsp3) is 0.286. The first kappa shape index (κ1) is 21.9. The summed E-state index contributed by atoms with van der Waals surface area (Å²) in [5.41, 5.74) is 0.696. The van der Waals surface area contributed by atoms with Crippen LogP contribution in [0.5, 0.6) is 11.5 Å². The smallest absolute Gasteiger partial charge is 0.258 e. The molecule has 7 nitrogen and oxygen atoms in total. The van der Waals surface area contributed by atoms with Gasteiger partial charge in [0.1, 0.15) is 23.1 Å². The highest BCUT2D eigenvalue weighted by Gasteiger charge is 2.22. The number of carbonyl (C=O) groups is 2. The van der Waals surface area contributed by atoms with Gasteiger partial charge in [-0.3, -0.25) is 9.59 Å². The van der Waals surface area contributed by atoms with Crippen LogP contribution in [-0.4, -0.2) is 48.6 Å². The highest BCUT2D eigenvalue weighted by molar-refractivity contribution is 7.98. The lowest BCUT2D eigenvalue weighted by atomic mass is 10.2. The lowest BCUT2D eigenvalue weighted by Gasteiger charge is -2.17. The van der Waals surface area contributed by atoms with Crippen molar-refractivity contribution in [2.75, 3.05) is 31.0 Å². The van der Waals surface area contributed by atoms with E-state index in [1.165, 1.54) is 11.3 Å². The minimum absolute atomic E-state index is 0.161. The molecule has 158 valence electrons. The first-order valence-electron chi connectivity index (χ1n) is 9.31. The highest BCUT2D eigenvalue weighted by atomic mass is 32.2. The molecule has 0 aliphatic heterocycles. The summed E-state index contributed by atoms with van der Waals surface area (Å²) in [5, 5.41) is 6.04. The van der Waals surface area contributed by atoms with Gasteiger partial charge >= 0.3 is 0 Å². The molecule has 0 fully saturated rings. The Kier molecular flexibility index (Phi) is 7.92. The lowest BCUT2D eigenvalue weighted by molar-refractivity contribution is -0.127. The summed E-state index contributed by atoms with van der Waals surface area (Å²) in [4.78, 5) is 29.6. The number of benzene rings is 2. The van der Waals surface area contributed by atoms with E-state index in [2.05, 4.69) is 15.6 Å². The number of aromatic nitrogens is 1. The largest absolute Gasteiger partial charge is 0.494 e. The van der Waals surface area contributed by atoms with Gasteiger partial charge in [-0.2, -0.15) is 11.8 Å². The van der Waals surface area contributed by atoms with E-state index < -0.39 is 6.04 Å². The number of fused-ring (bicyclic) bond motifs is 1. The van der Waals surface area contributed by atoms with Crippen molar-refractivity contribution in [3.63, 3.8) is 0 Å². The van der Waals surface area contributed by atoms with Gasteiger partial charge in [0.25, 0.3) is 5.91 Å². The molecule has 0 saturated heterocycles. The van der Waals surface area contributed by atoms with Gasteiger partial charge in [-0.25, -0.2) is 4.98 Å². The molecule has 1 atom stereocenters. The molecule has 0 aliphatic rings. The Morgan fingerprint density at radius 3 is 2.70 bits per heavy atom. The summed E-state index contributed by atoms with van der Waals surface area (Å²) < 4.78 is 11.7. The highest BCUT2D eigenvalue weighted by Crippen LogP contribution is 2.32. The van der Waals surface area contributed by atoms with E-state index in [9.17, 15) is 9.59 Å². The third kappa shape index (κ3) is 5.87. The van der Waals surface area contributed by atoms with Crippen molar-refractivity contribution in [3.8, 4) is 11.5 Å². The van der Waals surface area contributed by atoms with Gasteiger partial charge < -0.3 is 20.1 Å². The number of anilines is 1. The molecule has 0 bridgehead atoms. The minimum Gasteiger partial charge on any atom is -0.494 e. The minimum atomic E-state index is -0.682. The second-order valence-electron chi connectivity index (χ2n) is 6.32. The fourth-order valence-electron chi connectivity index (χ4n) is 2.74. The number of hydrogen-bond donors (Lipinski definition) is 2. The molecule has 1 aromatic heterocycles. The van der Waals surface area contributed by atoms with Crippen LogP contribution < -0.4 is 20.1 Å². The van der Waals surface area contributed by atoms with Gasteiger partial charge in [-0.1, -0.05) is 35.6 Å². The average molecular weight is 446 g/mol. The molecule has 0 spiro atoms. The van der Waals surface area contributed by atoms with Crippen LogP contribution in [0.15, 0.2) is 48.5 Å². The summed E-state index contributed by atoms with van der Waals surface area (Å²) in [6.45, 7) is -0.161. The van der Waals surface area contributed by atoms with Crippen molar-refractivity contribution >= 4 is 50.3 Å². The second kappa shape index (κ2) is 10.8. The van der Waals surface area contributed by atoms with Crippen molar-refractivity contribution in [2.45, 2.75) is 12.5 Å². The van der Waals surface area contributed by atoms with Gasteiger partial charge in [0.05, 0.1) is 11.8 Å². The van der Waals surface area contributed by atoms with E-state index in [1.807, 2.05) is 42.7 Å². The van der Waals surface area contributed by atoms with Crippen molar-refractivity contribution < 1.29 is 19.1 Å². The van der Waals surface area contributed by atoms with Gasteiger partial charge in [0.15, 0.2) is 11.7 Å². The number of methoxy groups -OCH3 is 1. The Morgan fingerprint density at radius 1 is 1.17 bits per heavy atom. The van der Waals surface area contributed by atoms with E-state index in [-0.39, 0.29) is 18.4 Å². The number of nitrogens with one attached hydrogen (secondary N) is 2. The summed E-state index contributed by atoms with van der Waals surface area (Å²) in [6.07, 6.45) is 2.45. The van der Waals surface area contributed by atoms with Crippen molar-refractivity contribution in [3.05, 3.63) is 48.5 Å². The predicted molar refractivity (Wildman–Crippen MR) is 122 cm³/mol. The van der Waals surface area contributed by atoms with Crippen LogP contribution in [0.3, 0.4) is 0 Å². The maximum atomic E-state index is 12.8. The molecule has 2 amide bonds. The van der Waals surface area contributed by atoms with Crippen LogP contribution in [0, 0.1) is 0 Å². The van der Waals surface area contributed by atoms with Crippen molar-refractivity contribution in [1.82, 2.24) is 10.3 Å². The quantitative estimate of drug-likeness (QED) is 0.496. The first-order valence-corrected chi connectivity index (χ1v) is 11.5. The van der Waals surface area contributed by atoms with Crippen LogP contribution >= 0.6 is 23.1 Å². The Labute approximate surface area is 183 Å². The zero-order chi connectivity index (χ0) is 21.3. The predicted octanol–water partition coefficient (Wildman–Crippen LogP) is 3.56. The summed E-state index contributed by atoms with van der Waals surface area (Å²) in [5.74, 6) is 1.31. The summed E-state index contributed by atoms with van der Waals surface area (Å²) in [7, 11) is 1.58. The van der Waals surface area contributed by atoms with E-state index in [1.54, 1.807) is 31.0 Å². The normalized spacial score (nSPS) is 11.7. The molecular formula is C21H23N3O4S2. The van der Waals surface area contributed by atoms with Crippen molar-refractivity contribution in [2.24, 2.45) is 0 Å². The summed E-state index contributed by atoms with van der Waals surface area (Å²) in [6, 6.07) is 14.0. The maximum absolute atomic E-state index is 12.8. The van der Waals surface area contributed by atoms with Crippen LogP contribution in [-0.2, 0) is 9.59 Å². The van der Waals surface area contributed by atoms with Crippen LogP contribution in [0.2, 0.25) is 0 Å². The molecule has 30 heavy (non-hydrogen) atoms. The molecule has 3 aromatic rings. The third-order valence-corrected chi connectivity index (χ3v) is 5.79. The van der Waals surface area contributed by atoms with Gasteiger partial charge in [-0.15, -0.1) is 0 Å². The SMILES string of the molecule is COc1cccc2sc(NC(=O)[C@H](CCSC)NC(=O)COc3ccccc3)nc12. The zero-order valence-corrected chi connectivity index (χ0v) is 18.3. The topological polar surface area (TPSA) is 89.6 Å². The molecular weight excluding hydrogens is 422 g/mol. The second-order valence-corrected chi connectivity index (χ2v) is 8.33. The maximum Gasteiger partial charge on any atom is 0.258 e. The Morgan fingerprint density at radius 2 is 1.97 bits per heavy atom. The number of rotatable bonds is 10. The van der Waals surface area contributed by atoms with Crippen molar-refractivity contribution in [1.29, 1.82) is 0 Å². The summed E-state index contributed by atoms with van der Waals surface area (Å²) >= 11 is 2.96. The molecule has 0 aliphatic carbocycles. The number of ether oxygens (including phenoxy) is 2. The van der Waals surface area contributed by atoms with E-state index in [0.29, 0.717) is 28.6 Å².